The highest BCUT2D eigenvalue weighted by Gasteiger charge is 2.31. The van der Waals surface area contributed by atoms with Crippen LogP contribution in [0.25, 0.3) is 0 Å². The number of hydrogen-bond donors (Lipinski definition) is 2. The highest BCUT2D eigenvalue weighted by atomic mass is 35.5. The van der Waals surface area contributed by atoms with Gasteiger partial charge in [-0.1, -0.05) is 43.6 Å². The van der Waals surface area contributed by atoms with E-state index in [1.54, 1.807) is 4.90 Å². The van der Waals surface area contributed by atoms with Gasteiger partial charge >= 0.3 is 0 Å². The molecule has 1 saturated heterocycles. The zero-order valence-electron chi connectivity index (χ0n) is 14.0. The quantitative estimate of drug-likeness (QED) is 0.832. The SMILES string of the molecule is CC(C)[C@H](N)C(=O)NCC(=O)N1CCCC1c1ccccc1Cl.Cl. The van der Waals surface area contributed by atoms with Gasteiger partial charge < -0.3 is 16.0 Å². The summed E-state index contributed by atoms with van der Waals surface area (Å²) >= 11 is 6.25. The molecule has 1 aliphatic rings. The average Bonchev–Trinajstić information content (AvgIpc) is 3.01. The van der Waals surface area contributed by atoms with Gasteiger partial charge in [0.15, 0.2) is 0 Å². The molecule has 1 aliphatic heterocycles. The molecule has 1 unspecified atom stereocenters. The fourth-order valence-corrected chi connectivity index (χ4v) is 3.08. The number of halogens is 2. The second kappa shape index (κ2) is 9.25. The highest BCUT2D eigenvalue weighted by molar-refractivity contribution is 6.31. The van der Waals surface area contributed by atoms with Crippen molar-refractivity contribution >= 4 is 35.8 Å². The molecule has 1 heterocycles. The van der Waals surface area contributed by atoms with Gasteiger partial charge in [-0.05, 0) is 30.4 Å². The number of rotatable bonds is 5. The molecule has 2 amide bonds. The Labute approximate surface area is 154 Å². The van der Waals surface area contributed by atoms with Crippen molar-refractivity contribution in [1.29, 1.82) is 0 Å². The summed E-state index contributed by atoms with van der Waals surface area (Å²) < 4.78 is 0. The van der Waals surface area contributed by atoms with Gasteiger partial charge in [0.05, 0.1) is 18.6 Å². The van der Waals surface area contributed by atoms with Crippen LogP contribution in [0.4, 0.5) is 0 Å². The maximum Gasteiger partial charge on any atom is 0.242 e. The van der Waals surface area contributed by atoms with Crippen molar-refractivity contribution in [3.63, 3.8) is 0 Å². The van der Waals surface area contributed by atoms with Gasteiger partial charge in [0, 0.05) is 11.6 Å². The molecule has 3 N–H and O–H groups in total. The lowest BCUT2D eigenvalue weighted by molar-refractivity contribution is -0.134. The van der Waals surface area contributed by atoms with E-state index in [0.29, 0.717) is 11.6 Å². The Kier molecular flexibility index (Phi) is 8.00. The molecule has 0 aromatic heterocycles. The first kappa shape index (κ1) is 20.7. The van der Waals surface area contributed by atoms with Crippen LogP contribution in [0.3, 0.4) is 0 Å². The number of nitrogens with one attached hydrogen (secondary N) is 1. The number of amides is 2. The number of nitrogens with two attached hydrogens (primary N) is 1. The molecule has 7 heteroatoms. The fourth-order valence-electron chi connectivity index (χ4n) is 2.82. The van der Waals surface area contributed by atoms with Crippen molar-refractivity contribution in [3.8, 4) is 0 Å². The Morgan fingerprint density at radius 1 is 1.38 bits per heavy atom. The molecule has 0 saturated carbocycles. The Bertz CT molecular complexity index is 581. The van der Waals surface area contributed by atoms with Crippen LogP contribution in [0.2, 0.25) is 5.02 Å². The zero-order chi connectivity index (χ0) is 17.0. The number of nitrogens with zero attached hydrogens (tertiary/aromatic N) is 1. The molecule has 5 nitrogen and oxygen atoms in total. The van der Waals surface area contributed by atoms with Crippen molar-refractivity contribution in [1.82, 2.24) is 10.2 Å². The van der Waals surface area contributed by atoms with Crippen LogP contribution in [0.1, 0.15) is 38.3 Å². The number of hydrogen-bond acceptors (Lipinski definition) is 3. The van der Waals surface area contributed by atoms with Gasteiger partial charge in [-0.25, -0.2) is 0 Å². The van der Waals surface area contributed by atoms with Gasteiger partial charge in [-0.15, -0.1) is 12.4 Å². The van der Waals surface area contributed by atoms with Crippen LogP contribution in [0.15, 0.2) is 24.3 Å². The third-order valence-electron chi connectivity index (χ3n) is 4.27. The minimum Gasteiger partial charge on any atom is -0.346 e. The topological polar surface area (TPSA) is 75.4 Å². The molecule has 0 spiro atoms. The van der Waals surface area contributed by atoms with Crippen LogP contribution in [0.5, 0.6) is 0 Å². The van der Waals surface area contributed by atoms with Crippen LogP contribution in [0, 0.1) is 5.92 Å². The molecule has 1 fully saturated rings. The largest absolute Gasteiger partial charge is 0.346 e. The van der Waals surface area contributed by atoms with Crippen LogP contribution in [-0.4, -0.2) is 35.8 Å². The second-order valence-corrected chi connectivity index (χ2v) is 6.66. The lowest BCUT2D eigenvalue weighted by Crippen LogP contribution is -2.47. The third kappa shape index (κ3) is 4.85. The van der Waals surface area contributed by atoms with Crippen LogP contribution >= 0.6 is 24.0 Å². The van der Waals surface area contributed by atoms with Crippen LogP contribution in [-0.2, 0) is 9.59 Å². The van der Waals surface area contributed by atoms with Crippen molar-refractivity contribution in [2.75, 3.05) is 13.1 Å². The van der Waals surface area contributed by atoms with Gasteiger partial charge in [0.1, 0.15) is 0 Å². The summed E-state index contributed by atoms with van der Waals surface area (Å²) in [6, 6.07) is 6.96. The molecule has 2 rings (SSSR count). The zero-order valence-corrected chi connectivity index (χ0v) is 15.6. The number of carbonyl (C=O) groups is 2. The maximum absolute atomic E-state index is 12.5. The van der Waals surface area contributed by atoms with Crippen LogP contribution < -0.4 is 11.1 Å². The Morgan fingerprint density at radius 3 is 2.67 bits per heavy atom. The van der Waals surface area contributed by atoms with E-state index in [1.165, 1.54) is 0 Å². The molecule has 24 heavy (non-hydrogen) atoms. The van der Waals surface area contributed by atoms with Crippen molar-refractivity contribution < 1.29 is 9.59 Å². The summed E-state index contributed by atoms with van der Waals surface area (Å²) in [6.07, 6.45) is 1.82. The first-order valence-corrected chi connectivity index (χ1v) is 8.36. The van der Waals surface area contributed by atoms with Gasteiger partial charge in [-0.2, -0.15) is 0 Å². The first-order chi connectivity index (χ1) is 10.9. The number of likely N-dealkylation sites (tertiary alicyclic amines) is 1. The van der Waals surface area contributed by atoms with E-state index in [0.717, 1.165) is 18.4 Å². The summed E-state index contributed by atoms with van der Waals surface area (Å²) in [6.45, 7) is 4.40. The third-order valence-corrected chi connectivity index (χ3v) is 4.62. The van der Waals surface area contributed by atoms with Gasteiger partial charge in [-0.3, -0.25) is 9.59 Å². The predicted molar refractivity (Wildman–Crippen MR) is 98.2 cm³/mol. The predicted octanol–water partition coefficient (Wildman–Crippen LogP) is 2.52. The van der Waals surface area contributed by atoms with Gasteiger partial charge in [0.2, 0.25) is 11.8 Å². The summed E-state index contributed by atoms with van der Waals surface area (Å²) in [7, 11) is 0. The van der Waals surface area contributed by atoms with E-state index in [2.05, 4.69) is 5.32 Å². The second-order valence-electron chi connectivity index (χ2n) is 6.25. The molecule has 0 aliphatic carbocycles. The van der Waals surface area contributed by atoms with E-state index < -0.39 is 6.04 Å². The maximum atomic E-state index is 12.5. The van der Waals surface area contributed by atoms with Crippen molar-refractivity contribution in [3.05, 3.63) is 34.9 Å². The van der Waals surface area contributed by atoms with E-state index >= 15 is 0 Å². The molecular formula is C17H25Cl2N3O2. The normalized spacial score (nSPS) is 18.2. The number of carbonyl (C=O) groups excluding carboxylic acids is 2. The smallest absolute Gasteiger partial charge is 0.242 e. The van der Waals surface area contributed by atoms with E-state index in [4.69, 9.17) is 17.3 Å². The lowest BCUT2D eigenvalue weighted by Gasteiger charge is -2.26. The summed E-state index contributed by atoms with van der Waals surface area (Å²) in [5.74, 6) is -0.355. The van der Waals surface area contributed by atoms with E-state index in [-0.39, 0.29) is 42.7 Å². The van der Waals surface area contributed by atoms with E-state index in [1.807, 2.05) is 38.1 Å². The van der Waals surface area contributed by atoms with Crippen molar-refractivity contribution in [2.24, 2.45) is 11.7 Å². The molecule has 134 valence electrons. The highest BCUT2D eigenvalue weighted by Crippen LogP contribution is 2.35. The van der Waals surface area contributed by atoms with Crippen molar-refractivity contribution in [2.45, 2.75) is 38.8 Å². The van der Waals surface area contributed by atoms with E-state index in [9.17, 15) is 9.59 Å². The molecule has 2 atom stereocenters. The monoisotopic (exact) mass is 373 g/mol. The number of benzene rings is 1. The first-order valence-electron chi connectivity index (χ1n) is 7.99. The molecular weight excluding hydrogens is 349 g/mol. The summed E-state index contributed by atoms with van der Waals surface area (Å²) in [4.78, 5) is 26.1. The Hall–Kier alpha value is -1.30. The summed E-state index contributed by atoms with van der Waals surface area (Å²) in [5, 5.41) is 3.31. The minimum atomic E-state index is -0.597. The molecule has 0 bridgehead atoms. The summed E-state index contributed by atoms with van der Waals surface area (Å²) in [5.41, 5.74) is 6.75. The molecule has 1 aromatic carbocycles. The average molecular weight is 374 g/mol. The molecule has 1 aromatic rings. The minimum absolute atomic E-state index is 0. The lowest BCUT2D eigenvalue weighted by atomic mass is 10.0. The Morgan fingerprint density at radius 2 is 2.04 bits per heavy atom. The fraction of sp³-hybridized carbons (Fsp3) is 0.529. The standard InChI is InChI=1S/C17H24ClN3O2.ClH/c1-11(2)16(19)17(23)20-10-15(22)21-9-5-8-14(21)12-6-3-4-7-13(12)18;/h3-4,6-7,11,14,16H,5,8-10,19H2,1-2H3,(H,20,23);1H/t14?,16-;/m0./s1. The Balaban J connectivity index is 0.00000288. The molecule has 0 radical (unpaired) electrons. The van der Waals surface area contributed by atoms with Gasteiger partial charge in [0.25, 0.3) is 0 Å².